The number of hydrogen-bond donors (Lipinski definition) is 0. The number of hydrogen-bond acceptors (Lipinski definition) is 2. The largest absolute Gasteiger partial charge is 0.466 e. The van der Waals surface area contributed by atoms with Crippen LogP contribution in [0.4, 0.5) is 0 Å². The second-order valence-corrected chi connectivity index (χ2v) is 3.54. The van der Waals surface area contributed by atoms with Crippen LogP contribution in [0.25, 0.3) is 0 Å². The highest BCUT2D eigenvalue weighted by Gasteiger charge is 2.10. The van der Waals surface area contributed by atoms with Gasteiger partial charge in [-0.3, -0.25) is 4.79 Å². The molecule has 0 aromatic heterocycles. The van der Waals surface area contributed by atoms with Gasteiger partial charge >= 0.3 is 5.97 Å². The summed E-state index contributed by atoms with van der Waals surface area (Å²) in [5.41, 5.74) is 0. The maximum Gasteiger partial charge on any atom is 0.302 e. The Labute approximate surface area is 75.3 Å². The molecular formula is C10H20O2. The van der Waals surface area contributed by atoms with E-state index in [0.717, 1.165) is 6.42 Å². The average molecular weight is 172 g/mol. The molecule has 0 rings (SSSR count). The molecule has 0 aromatic rings. The fraction of sp³-hybridized carbons (Fsp3) is 0.900. The topological polar surface area (TPSA) is 26.3 Å². The minimum Gasteiger partial charge on any atom is -0.466 e. The zero-order valence-corrected chi connectivity index (χ0v) is 8.59. The Morgan fingerprint density at radius 2 is 2.00 bits per heavy atom. The third-order valence-electron chi connectivity index (χ3n) is 2.26. The van der Waals surface area contributed by atoms with E-state index in [4.69, 9.17) is 4.74 Å². The molecule has 0 heterocycles. The van der Waals surface area contributed by atoms with Gasteiger partial charge in [0.2, 0.25) is 0 Å². The third kappa shape index (κ3) is 5.16. The first-order valence-electron chi connectivity index (χ1n) is 4.71. The normalized spacial score (nSPS) is 13.1. The summed E-state index contributed by atoms with van der Waals surface area (Å²) in [4.78, 5) is 10.5. The van der Waals surface area contributed by atoms with Crippen LogP contribution >= 0.6 is 0 Å². The summed E-state index contributed by atoms with van der Waals surface area (Å²) in [6.07, 6.45) is 2.16. The highest BCUT2D eigenvalue weighted by atomic mass is 16.5. The van der Waals surface area contributed by atoms with Gasteiger partial charge in [0.05, 0.1) is 6.61 Å². The van der Waals surface area contributed by atoms with E-state index < -0.39 is 0 Å². The lowest BCUT2D eigenvalue weighted by molar-refractivity contribution is -0.141. The van der Waals surface area contributed by atoms with Gasteiger partial charge in [-0.15, -0.1) is 0 Å². The van der Waals surface area contributed by atoms with Gasteiger partial charge in [-0.1, -0.05) is 27.2 Å². The van der Waals surface area contributed by atoms with Crippen LogP contribution in [0.3, 0.4) is 0 Å². The molecule has 0 aliphatic carbocycles. The minimum absolute atomic E-state index is 0.173. The number of ether oxygens (including phenoxy) is 1. The van der Waals surface area contributed by atoms with Gasteiger partial charge in [0.15, 0.2) is 0 Å². The van der Waals surface area contributed by atoms with Gasteiger partial charge in [0.1, 0.15) is 0 Å². The van der Waals surface area contributed by atoms with E-state index in [1.165, 1.54) is 13.3 Å². The van der Waals surface area contributed by atoms with Crippen molar-refractivity contribution in [3.8, 4) is 0 Å². The lowest BCUT2D eigenvalue weighted by atomic mass is 9.91. The predicted molar refractivity (Wildman–Crippen MR) is 49.9 cm³/mol. The Morgan fingerprint density at radius 1 is 1.42 bits per heavy atom. The summed E-state index contributed by atoms with van der Waals surface area (Å²) >= 11 is 0. The molecule has 0 saturated heterocycles. The molecule has 0 bridgehead atoms. The van der Waals surface area contributed by atoms with E-state index in [1.807, 2.05) is 0 Å². The molecule has 0 fully saturated rings. The highest BCUT2D eigenvalue weighted by molar-refractivity contribution is 5.65. The highest BCUT2D eigenvalue weighted by Crippen LogP contribution is 2.18. The monoisotopic (exact) mass is 172 g/mol. The maximum atomic E-state index is 10.5. The number of esters is 1. The zero-order chi connectivity index (χ0) is 9.56. The van der Waals surface area contributed by atoms with Crippen molar-refractivity contribution < 1.29 is 9.53 Å². The second-order valence-electron chi connectivity index (χ2n) is 3.54. The first-order valence-corrected chi connectivity index (χ1v) is 4.71. The predicted octanol–water partition coefficient (Wildman–Crippen LogP) is 2.62. The number of carbonyl (C=O) groups excluding carboxylic acids is 1. The molecule has 0 N–H and O–H groups in total. The van der Waals surface area contributed by atoms with Crippen molar-refractivity contribution >= 4 is 5.97 Å². The molecule has 12 heavy (non-hydrogen) atoms. The molecular weight excluding hydrogens is 152 g/mol. The van der Waals surface area contributed by atoms with E-state index >= 15 is 0 Å². The summed E-state index contributed by atoms with van der Waals surface area (Å²) in [7, 11) is 0. The fourth-order valence-electron chi connectivity index (χ4n) is 1.36. The van der Waals surface area contributed by atoms with Crippen molar-refractivity contribution in [3.05, 3.63) is 0 Å². The molecule has 0 aliphatic heterocycles. The Kier molecular flexibility index (Phi) is 5.77. The molecule has 1 unspecified atom stereocenters. The van der Waals surface area contributed by atoms with E-state index in [9.17, 15) is 4.79 Å². The number of carbonyl (C=O) groups is 1. The maximum absolute atomic E-state index is 10.5. The van der Waals surface area contributed by atoms with Gasteiger partial charge in [-0.05, 0) is 18.3 Å². The van der Waals surface area contributed by atoms with Crippen molar-refractivity contribution in [2.75, 3.05) is 6.61 Å². The molecule has 0 amide bonds. The quantitative estimate of drug-likeness (QED) is 0.596. The van der Waals surface area contributed by atoms with Gasteiger partial charge in [-0.25, -0.2) is 0 Å². The Hall–Kier alpha value is -0.530. The first-order chi connectivity index (χ1) is 5.57. The fourth-order valence-corrected chi connectivity index (χ4v) is 1.36. The molecule has 0 spiro atoms. The van der Waals surface area contributed by atoms with Gasteiger partial charge in [0, 0.05) is 6.92 Å². The second kappa shape index (κ2) is 6.04. The van der Waals surface area contributed by atoms with Gasteiger partial charge < -0.3 is 4.74 Å². The minimum atomic E-state index is -0.173. The Bertz CT molecular complexity index is 130. The van der Waals surface area contributed by atoms with E-state index in [2.05, 4.69) is 20.8 Å². The van der Waals surface area contributed by atoms with Crippen LogP contribution < -0.4 is 0 Å². The van der Waals surface area contributed by atoms with Crippen molar-refractivity contribution in [3.63, 3.8) is 0 Å². The van der Waals surface area contributed by atoms with Gasteiger partial charge in [-0.2, -0.15) is 0 Å². The van der Waals surface area contributed by atoms with Crippen molar-refractivity contribution in [2.24, 2.45) is 11.8 Å². The number of rotatable bonds is 5. The first kappa shape index (κ1) is 11.5. The summed E-state index contributed by atoms with van der Waals surface area (Å²) in [5, 5.41) is 0. The van der Waals surface area contributed by atoms with E-state index in [1.54, 1.807) is 0 Å². The molecule has 2 nitrogen and oxygen atoms in total. The van der Waals surface area contributed by atoms with Crippen LogP contribution in [-0.4, -0.2) is 12.6 Å². The third-order valence-corrected chi connectivity index (χ3v) is 2.26. The van der Waals surface area contributed by atoms with Crippen molar-refractivity contribution in [2.45, 2.75) is 40.5 Å². The smallest absolute Gasteiger partial charge is 0.302 e. The van der Waals surface area contributed by atoms with Crippen LogP contribution in [0.5, 0.6) is 0 Å². The van der Waals surface area contributed by atoms with Crippen LogP contribution in [0.2, 0.25) is 0 Å². The molecule has 72 valence electrons. The summed E-state index contributed by atoms with van der Waals surface area (Å²) in [6.45, 7) is 8.63. The molecule has 1 atom stereocenters. The Morgan fingerprint density at radius 3 is 2.33 bits per heavy atom. The van der Waals surface area contributed by atoms with Crippen molar-refractivity contribution in [1.82, 2.24) is 0 Å². The summed E-state index contributed by atoms with van der Waals surface area (Å²) in [6, 6.07) is 0. The molecule has 2 heteroatoms. The SMILES string of the molecule is CCC(CCOC(C)=O)C(C)C. The summed E-state index contributed by atoms with van der Waals surface area (Å²) in [5.74, 6) is 1.20. The standard InChI is InChI=1S/C10H20O2/c1-5-10(8(2)3)6-7-12-9(4)11/h8,10H,5-7H2,1-4H3. The zero-order valence-electron chi connectivity index (χ0n) is 8.59. The molecule has 0 aromatic carbocycles. The van der Waals surface area contributed by atoms with Crippen LogP contribution in [-0.2, 0) is 9.53 Å². The van der Waals surface area contributed by atoms with Crippen molar-refractivity contribution in [1.29, 1.82) is 0 Å². The van der Waals surface area contributed by atoms with Crippen LogP contribution in [0.15, 0.2) is 0 Å². The lowest BCUT2D eigenvalue weighted by Crippen LogP contribution is -2.12. The Balaban J connectivity index is 3.51. The van der Waals surface area contributed by atoms with Crippen LogP contribution in [0, 0.1) is 11.8 Å². The molecule has 0 aliphatic rings. The van der Waals surface area contributed by atoms with Gasteiger partial charge in [0.25, 0.3) is 0 Å². The van der Waals surface area contributed by atoms with Crippen LogP contribution in [0.1, 0.15) is 40.5 Å². The van der Waals surface area contributed by atoms with E-state index in [0.29, 0.717) is 18.4 Å². The summed E-state index contributed by atoms with van der Waals surface area (Å²) < 4.78 is 4.89. The lowest BCUT2D eigenvalue weighted by Gasteiger charge is -2.18. The van der Waals surface area contributed by atoms with E-state index in [-0.39, 0.29) is 5.97 Å². The molecule has 0 saturated carbocycles. The molecule has 0 radical (unpaired) electrons. The average Bonchev–Trinajstić information content (AvgIpc) is 1.96.